The number of rotatable bonds is 8. The van der Waals surface area contributed by atoms with Crippen LogP contribution in [0.15, 0.2) is 24.3 Å². The molecular weight excluding hydrogens is 504 g/mol. The maximum atomic E-state index is 5.68. The van der Waals surface area contributed by atoms with Gasteiger partial charge in [0.15, 0.2) is 16.5 Å². The second-order valence-corrected chi connectivity index (χ2v) is 10.8. The Hall–Kier alpha value is -2.99. The Morgan fingerprint density at radius 3 is 2.55 bits per heavy atom. The first-order valence-electron chi connectivity index (χ1n) is 13.1. The molecule has 0 atom stereocenters. The molecule has 0 aliphatic carbocycles. The lowest BCUT2D eigenvalue weighted by Gasteiger charge is -2.29. The molecule has 2 aliphatic rings. The average Bonchev–Trinajstić information content (AvgIpc) is 3.56. The minimum absolute atomic E-state index is 0.329. The highest BCUT2D eigenvalue weighted by Crippen LogP contribution is 2.41. The van der Waals surface area contributed by atoms with Crippen LogP contribution < -0.4 is 14.5 Å². The van der Waals surface area contributed by atoms with E-state index in [1.165, 1.54) is 0 Å². The molecule has 0 saturated carbocycles. The van der Waals surface area contributed by atoms with Gasteiger partial charge in [0.05, 0.1) is 30.7 Å². The van der Waals surface area contributed by atoms with Crippen LogP contribution in [0.2, 0.25) is 0 Å². The Morgan fingerprint density at radius 1 is 1.00 bits per heavy atom. The summed E-state index contributed by atoms with van der Waals surface area (Å²) in [6, 6.07) is 8.21. The van der Waals surface area contributed by atoms with Crippen molar-refractivity contribution in [2.75, 3.05) is 77.1 Å². The maximum Gasteiger partial charge on any atom is 0.173 e. The molecule has 2 fully saturated rings. The SMILES string of the molecule is COCn1c(-c2nc3c(OC)ccc(N4CCOCC4)c3s2)nc2ccc(N(C)CC3CCOCC3)nc21. The molecule has 0 radical (unpaired) electrons. The van der Waals surface area contributed by atoms with Gasteiger partial charge in [-0.15, -0.1) is 11.3 Å². The van der Waals surface area contributed by atoms with Gasteiger partial charge in [0.1, 0.15) is 29.3 Å². The zero-order valence-corrected chi connectivity index (χ0v) is 23.0. The summed E-state index contributed by atoms with van der Waals surface area (Å²) in [6.07, 6.45) is 2.18. The molecule has 11 heteroatoms. The Bertz CT molecular complexity index is 1410. The van der Waals surface area contributed by atoms with Crippen LogP contribution in [0.5, 0.6) is 5.75 Å². The lowest BCUT2D eigenvalue weighted by molar-refractivity contribution is 0.0685. The maximum absolute atomic E-state index is 5.68. The highest BCUT2D eigenvalue weighted by atomic mass is 32.1. The van der Waals surface area contributed by atoms with Crippen LogP contribution in [-0.2, 0) is 20.9 Å². The van der Waals surface area contributed by atoms with E-state index < -0.39 is 0 Å². The fourth-order valence-electron chi connectivity index (χ4n) is 5.31. The van der Waals surface area contributed by atoms with Gasteiger partial charge in [-0.1, -0.05) is 0 Å². The summed E-state index contributed by atoms with van der Waals surface area (Å²) >= 11 is 1.63. The van der Waals surface area contributed by atoms with Crippen molar-refractivity contribution in [2.24, 2.45) is 5.92 Å². The molecule has 0 unspecified atom stereocenters. The van der Waals surface area contributed by atoms with Crippen LogP contribution in [-0.4, -0.2) is 86.8 Å². The quantitative estimate of drug-likeness (QED) is 0.330. The van der Waals surface area contributed by atoms with Crippen LogP contribution in [0, 0.1) is 5.92 Å². The van der Waals surface area contributed by atoms with E-state index in [-0.39, 0.29) is 0 Å². The molecule has 202 valence electrons. The van der Waals surface area contributed by atoms with E-state index in [4.69, 9.17) is 33.9 Å². The van der Waals surface area contributed by atoms with E-state index in [2.05, 4.69) is 22.9 Å². The summed E-state index contributed by atoms with van der Waals surface area (Å²) in [7, 11) is 5.48. The Balaban J connectivity index is 1.40. The first-order valence-corrected chi connectivity index (χ1v) is 13.9. The third kappa shape index (κ3) is 4.79. The van der Waals surface area contributed by atoms with Crippen LogP contribution in [0.4, 0.5) is 11.5 Å². The summed E-state index contributed by atoms with van der Waals surface area (Å²) < 4.78 is 25.5. The third-order valence-corrected chi connectivity index (χ3v) is 8.42. The van der Waals surface area contributed by atoms with Crippen molar-refractivity contribution in [3.63, 3.8) is 0 Å². The predicted molar refractivity (Wildman–Crippen MR) is 150 cm³/mol. The Kier molecular flexibility index (Phi) is 7.33. The van der Waals surface area contributed by atoms with Crippen LogP contribution >= 0.6 is 11.3 Å². The van der Waals surface area contributed by atoms with Gasteiger partial charge in [0.2, 0.25) is 0 Å². The molecule has 0 spiro atoms. The summed E-state index contributed by atoms with van der Waals surface area (Å²) in [5.74, 6) is 3.04. The van der Waals surface area contributed by atoms with Crippen LogP contribution in [0.3, 0.4) is 0 Å². The van der Waals surface area contributed by atoms with Gasteiger partial charge in [-0.05, 0) is 43.0 Å². The number of ether oxygens (including phenoxy) is 4. The average molecular weight is 539 g/mol. The van der Waals surface area contributed by atoms with E-state index in [1.54, 1.807) is 25.6 Å². The number of hydrogen-bond acceptors (Lipinski definition) is 10. The largest absolute Gasteiger partial charge is 0.494 e. The van der Waals surface area contributed by atoms with Gasteiger partial charge < -0.3 is 28.7 Å². The van der Waals surface area contributed by atoms with Crippen molar-refractivity contribution >= 4 is 44.2 Å². The summed E-state index contributed by atoms with van der Waals surface area (Å²) in [5.41, 5.74) is 3.60. The number of thiazole rings is 1. The molecular formula is C27H34N6O4S. The topological polar surface area (TPSA) is 87.0 Å². The third-order valence-electron chi connectivity index (χ3n) is 7.35. The van der Waals surface area contributed by atoms with E-state index in [0.717, 1.165) is 108 Å². The van der Waals surface area contributed by atoms with Crippen molar-refractivity contribution in [3.05, 3.63) is 24.3 Å². The number of aromatic nitrogens is 4. The molecule has 38 heavy (non-hydrogen) atoms. The van der Waals surface area contributed by atoms with Crippen molar-refractivity contribution in [2.45, 2.75) is 19.6 Å². The first kappa shape index (κ1) is 25.3. The zero-order chi connectivity index (χ0) is 26.1. The highest BCUT2D eigenvalue weighted by Gasteiger charge is 2.24. The number of pyridine rings is 1. The zero-order valence-electron chi connectivity index (χ0n) is 22.2. The van der Waals surface area contributed by atoms with Gasteiger partial charge >= 0.3 is 0 Å². The van der Waals surface area contributed by atoms with Crippen molar-refractivity contribution in [1.29, 1.82) is 0 Å². The van der Waals surface area contributed by atoms with Crippen molar-refractivity contribution in [3.8, 4) is 16.6 Å². The van der Waals surface area contributed by atoms with E-state index in [9.17, 15) is 0 Å². The Morgan fingerprint density at radius 2 is 1.79 bits per heavy atom. The molecule has 0 N–H and O–H groups in total. The van der Waals surface area contributed by atoms with E-state index >= 15 is 0 Å². The van der Waals surface area contributed by atoms with Gasteiger partial charge in [0.25, 0.3) is 0 Å². The predicted octanol–water partition coefficient (Wildman–Crippen LogP) is 4.02. The smallest absolute Gasteiger partial charge is 0.173 e. The van der Waals surface area contributed by atoms with Gasteiger partial charge in [0, 0.05) is 47.0 Å². The standard InChI is InChI=1S/C27H34N6O4S/c1-31(16-18-8-12-36-13-9-18)22-7-4-19-25(29-22)33(17-34-2)26(28-19)27-30-23-21(35-3)6-5-20(24(23)38-27)32-10-14-37-15-11-32/h4-7,18H,8-17H2,1-3H3. The lowest BCUT2D eigenvalue weighted by atomic mass is 10.00. The molecule has 6 rings (SSSR count). The Labute approximate surface area is 226 Å². The number of morpholine rings is 1. The number of nitrogens with zero attached hydrogens (tertiary/aromatic N) is 6. The minimum atomic E-state index is 0.329. The molecule has 2 saturated heterocycles. The number of hydrogen-bond donors (Lipinski definition) is 0. The molecule has 2 aliphatic heterocycles. The van der Waals surface area contributed by atoms with Crippen molar-refractivity contribution in [1.82, 2.24) is 19.5 Å². The highest BCUT2D eigenvalue weighted by molar-refractivity contribution is 7.22. The second kappa shape index (κ2) is 11.0. The molecule has 5 heterocycles. The fourth-order valence-corrected chi connectivity index (χ4v) is 6.43. The minimum Gasteiger partial charge on any atom is -0.494 e. The lowest BCUT2D eigenvalue weighted by Crippen LogP contribution is -2.36. The van der Waals surface area contributed by atoms with Crippen molar-refractivity contribution < 1.29 is 18.9 Å². The second-order valence-electron chi connectivity index (χ2n) is 9.81. The molecule has 0 bridgehead atoms. The number of fused-ring (bicyclic) bond motifs is 2. The van der Waals surface area contributed by atoms with E-state index in [1.807, 2.05) is 22.8 Å². The number of benzene rings is 1. The number of anilines is 2. The first-order chi connectivity index (χ1) is 18.7. The van der Waals surface area contributed by atoms with Crippen LogP contribution in [0.25, 0.3) is 32.2 Å². The fraction of sp³-hybridized carbons (Fsp3) is 0.519. The number of imidazole rings is 1. The monoisotopic (exact) mass is 538 g/mol. The molecule has 0 amide bonds. The molecule has 1 aromatic carbocycles. The van der Waals surface area contributed by atoms with Crippen LogP contribution in [0.1, 0.15) is 12.8 Å². The summed E-state index contributed by atoms with van der Waals surface area (Å²) in [4.78, 5) is 19.6. The van der Waals surface area contributed by atoms with E-state index in [0.29, 0.717) is 12.6 Å². The summed E-state index contributed by atoms with van der Waals surface area (Å²) in [6.45, 7) is 6.12. The van der Waals surface area contributed by atoms with Gasteiger partial charge in [-0.2, -0.15) is 0 Å². The molecule has 10 nitrogen and oxygen atoms in total. The normalized spacial score (nSPS) is 17.0. The molecule has 3 aromatic heterocycles. The summed E-state index contributed by atoms with van der Waals surface area (Å²) in [5, 5.41) is 0.811. The number of methoxy groups -OCH3 is 2. The molecule has 4 aromatic rings. The van der Waals surface area contributed by atoms with Gasteiger partial charge in [-0.25, -0.2) is 15.0 Å². The van der Waals surface area contributed by atoms with Gasteiger partial charge in [-0.3, -0.25) is 4.57 Å².